The van der Waals surface area contributed by atoms with Gasteiger partial charge in [-0.2, -0.15) is 0 Å². The molecule has 0 aromatic heterocycles. The number of rotatable bonds is 3. The lowest BCUT2D eigenvalue weighted by Gasteiger charge is -2.17. The van der Waals surface area contributed by atoms with E-state index in [1.807, 2.05) is 0 Å². The van der Waals surface area contributed by atoms with E-state index in [9.17, 15) is 9.18 Å². The molecule has 1 aliphatic carbocycles. The van der Waals surface area contributed by atoms with Crippen molar-refractivity contribution in [2.24, 2.45) is 17.6 Å². The van der Waals surface area contributed by atoms with Crippen LogP contribution in [-0.4, -0.2) is 30.9 Å². The van der Waals surface area contributed by atoms with Gasteiger partial charge in [0.05, 0.1) is 12.1 Å². The fourth-order valence-electron chi connectivity index (χ4n) is 2.21. The summed E-state index contributed by atoms with van der Waals surface area (Å²) in [4.78, 5) is 13.8. The molecular weight excluding hydrogens is 255 g/mol. The molecule has 1 amide bonds. The second-order valence-electron chi connectivity index (χ2n) is 5.36. The number of carbonyl (C=O) groups excluding carboxylic acids is 1. The molecule has 0 aliphatic heterocycles. The molecule has 1 saturated carbocycles. The van der Waals surface area contributed by atoms with Gasteiger partial charge >= 0.3 is 0 Å². The Morgan fingerprint density at radius 2 is 2.25 bits per heavy atom. The van der Waals surface area contributed by atoms with Crippen molar-refractivity contribution in [1.29, 1.82) is 0 Å². The van der Waals surface area contributed by atoms with Gasteiger partial charge in [0.2, 0.25) is 0 Å². The van der Waals surface area contributed by atoms with Crippen molar-refractivity contribution in [2.75, 3.05) is 20.1 Å². The second kappa shape index (κ2) is 6.06. The summed E-state index contributed by atoms with van der Waals surface area (Å²) < 4.78 is 14.0. The maximum absolute atomic E-state index is 14.0. The first-order valence-electron chi connectivity index (χ1n) is 6.77. The number of hydrogen-bond acceptors (Lipinski definition) is 2. The zero-order valence-electron chi connectivity index (χ0n) is 11.8. The third-order valence-corrected chi connectivity index (χ3v) is 3.67. The van der Waals surface area contributed by atoms with Crippen LogP contribution in [0.3, 0.4) is 0 Å². The summed E-state index contributed by atoms with van der Waals surface area (Å²) in [6, 6.07) is 4.42. The van der Waals surface area contributed by atoms with E-state index in [2.05, 4.69) is 18.8 Å². The van der Waals surface area contributed by atoms with Crippen molar-refractivity contribution in [1.82, 2.24) is 4.90 Å². The van der Waals surface area contributed by atoms with E-state index in [1.165, 1.54) is 12.1 Å². The van der Waals surface area contributed by atoms with Crippen LogP contribution in [0, 0.1) is 29.5 Å². The van der Waals surface area contributed by atoms with Crippen LogP contribution in [-0.2, 0) is 0 Å². The Kier molecular flexibility index (Phi) is 4.41. The number of carbonyl (C=O) groups is 1. The van der Waals surface area contributed by atoms with E-state index in [0.717, 1.165) is 6.42 Å². The monoisotopic (exact) mass is 274 g/mol. The zero-order chi connectivity index (χ0) is 14.7. The number of halogens is 1. The first kappa shape index (κ1) is 14.5. The van der Waals surface area contributed by atoms with Crippen LogP contribution in [0.25, 0.3) is 0 Å². The summed E-state index contributed by atoms with van der Waals surface area (Å²) in [5, 5.41) is 0. The molecule has 20 heavy (non-hydrogen) atoms. The van der Waals surface area contributed by atoms with Gasteiger partial charge in [0, 0.05) is 19.2 Å². The Morgan fingerprint density at radius 3 is 2.80 bits per heavy atom. The lowest BCUT2D eigenvalue weighted by Crippen LogP contribution is -2.29. The van der Waals surface area contributed by atoms with Gasteiger partial charge in [-0.25, -0.2) is 4.39 Å². The van der Waals surface area contributed by atoms with Crippen LogP contribution in [0.15, 0.2) is 18.2 Å². The van der Waals surface area contributed by atoms with Crippen molar-refractivity contribution in [2.45, 2.75) is 13.3 Å². The Bertz CT molecular complexity index is 574. The molecule has 1 aliphatic rings. The average molecular weight is 274 g/mol. The topological polar surface area (TPSA) is 46.3 Å². The summed E-state index contributed by atoms with van der Waals surface area (Å²) >= 11 is 0. The van der Waals surface area contributed by atoms with Gasteiger partial charge in [-0.15, -0.1) is 0 Å². The van der Waals surface area contributed by atoms with E-state index in [4.69, 9.17) is 5.73 Å². The van der Waals surface area contributed by atoms with Crippen LogP contribution < -0.4 is 5.73 Å². The Balaban J connectivity index is 2.09. The SMILES string of the molecule is CC1CC1CN(C)C(=O)c1ccc(C#CCN)cc1F. The molecule has 1 fully saturated rings. The number of amides is 1. The van der Waals surface area contributed by atoms with Crippen molar-refractivity contribution in [3.8, 4) is 11.8 Å². The van der Waals surface area contributed by atoms with E-state index >= 15 is 0 Å². The van der Waals surface area contributed by atoms with E-state index in [-0.39, 0.29) is 18.0 Å². The summed E-state index contributed by atoms with van der Waals surface area (Å²) in [5.41, 5.74) is 5.89. The van der Waals surface area contributed by atoms with Crippen molar-refractivity contribution < 1.29 is 9.18 Å². The van der Waals surface area contributed by atoms with Crippen molar-refractivity contribution in [3.05, 3.63) is 35.1 Å². The first-order chi connectivity index (χ1) is 9.52. The summed E-state index contributed by atoms with van der Waals surface area (Å²) in [6.45, 7) is 3.08. The van der Waals surface area contributed by atoms with E-state index in [1.54, 1.807) is 18.0 Å². The highest BCUT2D eigenvalue weighted by atomic mass is 19.1. The maximum Gasteiger partial charge on any atom is 0.256 e. The summed E-state index contributed by atoms with van der Waals surface area (Å²) in [5.74, 6) is 5.82. The first-order valence-corrected chi connectivity index (χ1v) is 6.77. The molecule has 2 unspecified atom stereocenters. The van der Waals surface area contributed by atoms with Crippen LogP contribution in [0.2, 0.25) is 0 Å². The van der Waals surface area contributed by atoms with Gasteiger partial charge in [-0.1, -0.05) is 18.8 Å². The molecule has 0 bridgehead atoms. The Hall–Kier alpha value is -1.86. The van der Waals surface area contributed by atoms with E-state index in [0.29, 0.717) is 23.9 Å². The van der Waals surface area contributed by atoms with Crippen LogP contribution in [0.5, 0.6) is 0 Å². The molecule has 106 valence electrons. The summed E-state index contributed by atoms with van der Waals surface area (Å²) in [6.07, 6.45) is 1.15. The third kappa shape index (κ3) is 3.37. The van der Waals surface area contributed by atoms with Gasteiger partial charge in [-0.3, -0.25) is 4.79 Å². The highest BCUT2D eigenvalue weighted by Crippen LogP contribution is 2.38. The van der Waals surface area contributed by atoms with Gasteiger partial charge in [0.25, 0.3) is 5.91 Å². The molecule has 2 rings (SSSR count). The predicted molar refractivity (Wildman–Crippen MR) is 76.6 cm³/mol. The number of hydrogen-bond donors (Lipinski definition) is 1. The van der Waals surface area contributed by atoms with Gasteiger partial charge in [0.15, 0.2) is 0 Å². The van der Waals surface area contributed by atoms with E-state index < -0.39 is 5.82 Å². The standard InChI is InChI=1S/C16H19FN2O/c1-11-8-13(11)10-19(2)16(20)14-6-5-12(4-3-7-18)9-15(14)17/h5-6,9,11,13H,7-8,10,18H2,1-2H3. The third-order valence-electron chi connectivity index (χ3n) is 3.67. The van der Waals surface area contributed by atoms with Crippen LogP contribution in [0.4, 0.5) is 4.39 Å². The van der Waals surface area contributed by atoms with Crippen molar-refractivity contribution >= 4 is 5.91 Å². The van der Waals surface area contributed by atoms with Gasteiger partial charge in [-0.05, 0) is 36.5 Å². The fraction of sp³-hybridized carbons (Fsp3) is 0.438. The molecule has 0 spiro atoms. The lowest BCUT2D eigenvalue weighted by atomic mass is 10.1. The molecule has 3 nitrogen and oxygen atoms in total. The fourth-order valence-corrected chi connectivity index (χ4v) is 2.21. The molecule has 0 saturated heterocycles. The maximum atomic E-state index is 14.0. The molecule has 1 aromatic rings. The number of nitrogens with two attached hydrogens (primary N) is 1. The minimum atomic E-state index is -0.533. The van der Waals surface area contributed by atoms with Crippen LogP contribution >= 0.6 is 0 Å². The highest BCUT2D eigenvalue weighted by molar-refractivity contribution is 5.94. The predicted octanol–water partition coefficient (Wildman–Crippen LogP) is 1.86. The minimum Gasteiger partial charge on any atom is -0.341 e. The Morgan fingerprint density at radius 1 is 1.55 bits per heavy atom. The Labute approximate surface area is 119 Å². The summed E-state index contributed by atoms with van der Waals surface area (Å²) in [7, 11) is 1.72. The van der Waals surface area contributed by atoms with Gasteiger partial charge < -0.3 is 10.6 Å². The van der Waals surface area contributed by atoms with Crippen LogP contribution in [0.1, 0.15) is 29.3 Å². The average Bonchev–Trinajstić information content (AvgIpc) is 3.11. The minimum absolute atomic E-state index is 0.0964. The molecule has 1 aromatic carbocycles. The quantitative estimate of drug-likeness (QED) is 0.855. The molecule has 2 N–H and O–H groups in total. The van der Waals surface area contributed by atoms with Crippen molar-refractivity contribution in [3.63, 3.8) is 0 Å². The number of benzene rings is 1. The highest BCUT2D eigenvalue weighted by Gasteiger charge is 2.34. The molecular formula is C16H19FN2O. The lowest BCUT2D eigenvalue weighted by molar-refractivity contribution is 0.0782. The number of nitrogens with zero attached hydrogens (tertiary/aromatic N) is 1. The molecule has 4 heteroatoms. The molecule has 0 radical (unpaired) electrons. The van der Waals surface area contributed by atoms with Gasteiger partial charge in [0.1, 0.15) is 5.82 Å². The molecule has 0 heterocycles. The smallest absolute Gasteiger partial charge is 0.256 e. The normalized spacial score (nSPS) is 20.0. The molecule has 2 atom stereocenters. The zero-order valence-corrected chi connectivity index (χ0v) is 11.8. The second-order valence-corrected chi connectivity index (χ2v) is 5.36. The largest absolute Gasteiger partial charge is 0.341 e.